The maximum absolute atomic E-state index is 9.12. The van der Waals surface area contributed by atoms with E-state index >= 15 is 0 Å². The summed E-state index contributed by atoms with van der Waals surface area (Å²) < 4.78 is 0. The zero-order chi connectivity index (χ0) is 15.2. The van der Waals surface area contributed by atoms with Crippen LogP contribution in [-0.4, -0.2) is 40.8 Å². The minimum atomic E-state index is 0.187. The number of nitrogens with zero attached hydrogens (tertiary/aromatic N) is 3. The van der Waals surface area contributed by atoms with Gasteiger partial charge in [0.2, 0.25) is 5.95 Å². The fourth-order valence-corrected chi connectivity index (χ4v) is 2.37. The summed E-state index contributed by atoms with van der Waals surface area (Å²) in [5, 5.41) is 13.4. The lowest BCUT2D eigenvalue weighted by Gasteiger charge is -2.29. The van der Waals surface area contributed by atoms with Crippen molar-refractivity contribution < 1.29 is 5.11 Å². The second-order valence-electron chi connectivity index (χ2n) is 5.28. The van der Waals surface area contributed by atoms with Crippen molar-refractivity contribution in [3.05, 3.63) is 24.3 Å². The molecule has 2 rings (SSSR count). The Morgan fingerprint density at radius 1 is 1.24 bits per heavy atom. The summed E-state index contributed by atoms with van der Waals surface area (Å²) in [7, 11) is 0. The first-order valence-corrected chi connectivity index (χ1v) is 7.55. The normalized spacial score (nSPS) is 11.1. The van der Waals surface area contributed by atoms with E-state index in [1.807, 2.05) is 25.1 Å². The smallest absolute Gasteiger partial charge is 0.225 e. The molecule has 1 aromatic heterocycles. The average Bonchev–Trinajstić information content (AvgIpc) is 2.47. The highest BCUT2D eigenvalue weighted by Gasteiger charge is 2.16. The summed E-state index contributed by atoms with van der Waals surface area (Å²) in [6.45, 7) is 8.07. The second kappa shape index (κ2) is 7.22. The molecule has 2 aromatic rings. The van der Waals surface area contributed by atoms with Crippen LogP contribution in [0.15, 0.2) is 24.3 Å². The molecule has 0 saturated heterocycles. The first-order valence-electron chi connectivity index (χ1n) is 7.55. The number of nitrogens with one attached hydrogen (secondary N) is 1. The molecule has 0 aliphatic heterocycles. The Hall–Kier alpha value is -1.88. The van der Waals surface area contributed by atoms with Crippen molar-refractivity contribution in [1.82, 2.24) is 9.97 Å². The summed E-state index contributed by atoms with van der Waals surface area (Å²) >= 11 is 0. The number of benzene rings is 1. The number of hydrogen-bond donors (Lipinski definition) is 2. The van der Waals surface area contributed by atoms with Gasteiger partial charge in [-0.05, 0) is 39.3 Å². The Kier molecular flexibility index (Phi) is 5.33. The molecule has 0 unspecified atom stereocenters. The van der Waals surface area contributed by atoms with Crippen molar-refractivity contribution in [2.75, 3.05) is 29.9 Å². The highest BCUT2D eigenvalue weighted by atomic mass is 16.3. The third-order valence-electron chi connectivity index (χ3n) is 3.37. The van der Waals surface area contributed by atoms with Gasteiger partial charge in [0.25, 0.3) is 0 Å². The van der Waals surface area contributed by atoms with Crippen LogP contribution in [0.25, 0.3) is 10.9 Å². The van der Waals surface area contributed by atoms with Gasteiger partial charge in [-0.2, -0.15) is 4.98 Å². The van der Waals surface area contributed by atoms with Crippen LogP contribution >= 0.6 is 0 Å². The number of hydrogen-bond acceptors (Lipinski definition) is 5. The third kappa shape index (κ3) is 3.61. The van der Waals surface area contributed by atoms with Gasteiger partial charge in [0, 0.05) is 31.1 Å². The molecule has 0 fully saturated rings. The molecular weight excluding hydrogens is 264 g/mol. The van der Waals surface area contributed by atoms with E-state index in [0.717, 1.165) is 36.2 Å². The van der Waals surface area contributed by atoms with Gasteiger partial charge in [0.05, 0.1) is 5.52 Å². The monoisotopic (exact) mass is 288 g/mol. The summed E-state index contributed by atoms with van der Waals surface area (Å²) in [4.78, 5) is 11.5. The zero-order valence-electron chi connectivity index (χ0n) is 13.0. The number of fused-ring (bicyclic) bond motifs is 1. The van der Waals surface area contributed by atoms with E-state index < -0.39 is 0 Å². The molecule has 0 aliphatic carbocycles. The Bertz CT molecular complexity index is 585. The van der Waals surface area contributed by atoms with E-state index in [-0.39, 0.29) is 6.61 Å². The van der Waals surface area contributed by atoms with Crippen molar-refractivity contribution in [2.24, 2.45) is 0 Å². The van der Waals surface area contributed by atoms with Crippen molar-refractivity contribution in [3.8, 4) is 0 Å². The van der Waals surface area contributed by atoms with Gasteiger partial charge in [-0.3, -0.25) is 0 Å². The van der Waals surface area contributed by atoms with Crippen LogP contribution in [0.3, 0.4) is 0 Å². The van der Waals surface area contributed by atoms with E-state index in [1.54, 1.807) is 0 Å². The molecule has 5 heteroatoms. The van der Waals surface area contributed by atoms with Gasteiger partial charge in [-0.1, -0.05) is 12.1 Å². The highest BCUT2D eigenvalue weighted by molar-refractivity contribution is 5.90. The quantitative estimate of drug-likeness (QED) is 0.820. The minimum Gasteiger partial charge on any atom is -0.396 e. The van der Waals surface area contributed by atoms with Crippen molar-refractivity contribution in [2.45, 2.75) is 33.2 Å². The second-order valence-corrected chi connectivity index (χ2v) is 5.28. The van der Waals surface area contributed by atoms with Gasteiger partial charge in [-0.15, -0.1) is 0 Å². The molecule has 114 valence electrons. The van der Waals surface area contributed by atoms with Crippen LogP contribution in [-0.2, 0) is 0 Å². The minimum absolute atomic E-state index is 0.187. The van der Waals surface area contributed by atoms with Gasteiger partial charge in [-0.25, -0.2) is 4.98 Å². The summed E-state index contributed by atoms with van der Waals surface area (Å²) in [6, 6.07) is 8.36. The predicted octanol–water partition coefficient (Wildman–Crippen LogP) is 2.66. The molecule has 0 aliphatic rings. The number of aliphatic hydroxyl groups excluding tert-OH is 1. The number of para-hydroxylation sites is 1. The van der Waals surface area contributed by atoms with Crippen molar-refractivity contribution in [3.63, 3.8) is 0 Å². The molecule has 1 heterocycles. The lowest BCUT2D eigenvalue weighted by atomic mass is 10.2. The van der Waals surface area contributed by atoms with Crippen LogP contribution in [0.4, 0.5) is 11.8 Å². The molecule has 1 aromatic carbocycles. The van der Waals surface area contributed by atoms with Crippen molar-refractivity contribution in [1.29, 1.82) is 0 Å². The maximum Gasteiger partial charge on any atom is 0.225 e. The molecule has 0 radical (unpaired) electrons. The van der Waals surface area contributed by atoms with Crippen LogP contribution in [0.2, 0.25) is 0 Å². The molecule has 0 spiro atoms. The number of anilines is 2. The number of aromatic nitrogens is 2. The summed E-state index contributed by atoms with van der Waals surface area (Å²) in [6.07, 6.45) is 0.729. The van der Waals surface area contributed by atoms with Gasteiger partial charge in [0.15, 0.2) is 0 Å². The van der Waals surface area contributed by atoms with Crippen LogP contribution in [0.5, 0.6) is 0 Å². The van der Waals surface area contributed by atoms with E-state index in [1.165, 1.54) is 0 Å². The zero-order valence-corrected chi connectivity index (χ0v) is 13.0. The highest BCUT2D eigenvalue weighted by Crippen LogP contribution is 2.26. The summed E-state index contributed by atoms with van der Waals surface area (Å²) in [5.74, 6) is 1.58. The predicted molar refractivity (Wildman–Crippen MR) is 87.9 cm³/mol. The number of rotatable bonds is 7. The fraction of sp³-hybridized carbons (Fsp3) is 0.500. The lowest BCUT2D eigenvalue weighted by molar-refractivity contribution is 0.288. The molecule has 21 heavy (non-hydrogen) atoms. The van der Waals surface area contributed by atoms with Crippen molar-refractivity contribution >= 4 is 22.7 Å². The Labute approximate surface area is 126 Å². The number of aliphatic hydroxyl groups is 1. The Balaban J connectivity index is 2.52. The van der Waals surface area contributed by atoms with E-state index in [0.29, 0.717) is 12.0 Å². The van der Waals surface area contributed by atoms with E-state index in [9.17, 15) is 0 Å². The van der Waals surface area contributed by atoms with Crippen LogP contribution in [0.1, 0.15) is 27.2 Å². The molecule has 0 amide bonds. The molecule has 2 N–H and O–H groups in total. The first kappa shape index (κ1) is 15.5. The standard InChI is InChI=1S/C16H24N4O/c1-4-17-16-18-14-9-6-5-8-13(14)15(19-16)20(12(2)3)10-7-11-21/h5-6,8-9,12,21H,4,7,10-11H2,1-3H3,(H,17,18,19). The largest absolute Gasteiger partial charge is 0.396 e. The molecule has 0 atom stereocenters. The van der Waals surface area contributed by atoms with Gasteiger partial charge in [0.1, 0.15) is 5.82 Å². The lowest BCUT2D eigenvalue weighted by Crippen LogP contribution is -2.33. The molecule has 5 nitrogen and oxygen atoms in total. The molecular formula is C16H24N4O. The van der Waals surface area contributed by atoms with Crippen LogP contribution in [0, 0.1) is 0 Å². The van der Waals surface area contributed by atoms with Gasteiger partial charge >= 0.3 is 0 Å². The fourth-order valence-electron chi connectivity index (χ4n) is 2.37. The third-order valence-corrected chi connectivity index (χ3v) is 3.37. The van der Waals surface area contributed by atoms with E-state index in [4.69, 9.17) is 5.11 Å². The topological polar surface area (TPSA) is 61.3 Å². The summed E-state index contributed by atoms with van der Waals surface area (Å²) in [5.41, 5.74) is 0.938. The Morgan fingerprint density at radius 3 is 2.67 bits per heavy atom. The maximum atomic E-state index is 9.12. The SMILES string of the molecule is CCNc1nc(N(CCCO)C(C)C)c2ccccc2n1. The molecule has 0 bridgehead atoms. The average molecular weight is 288 g/mol. The first-order chi connectivity index (χ1) is 10.2. The van der Waals surface area contributed by atoms with Crippen LogP contribution < -0.4 is 10.2 Å². The molecule has 0 saturated carbocycles. The van der Waals surface area contributed by atoms with Gasteiger partial charge < -0.3 is 15.3 Å². The Morgan fingerprint density at radius 2 is 2.00 bits per heavy atom. The van der Waals surface area contributed by atoms with E-state index in [2.05, 4.69) is 40.1 Å².